The third-order valence-electron chi connectivity index (χ3n) is 6.63. The SMILES string of the molecule is O=C1NC(=O)[C@@H]2CN(C(=O)c3ccc4c(c3)C(=O)N(C3CCCCC3)C4=O)C[C@H]12. The van der Waals surface area contributed by atoms with Gasteiger partial charge in [0.1, 0.15) is 0 Å². The van der Waals surface area contributed by atoms with Gasteiger partial charge in [-0.05, 0) is 31.0 Å². The van der Waals surface area contributed by atoms with E-state index < -0.39 is 11.8 Å². The van der Waals surface area contributed by atoms with E-state index >= 15 is 0 Å². The maximum absolute atomic E-state index is 12.9. The minimum absolute atomic E-state index is 0.0715. The van der Waals surface area contributed by atoms with Gasteiger partial charge in [0.05, 0.1) is 23.0 Å². The number of hydrogen-bond acceptors (Lipinski definition) is 5. The molecule has 0 aromatic heterocycles. The molecule has 1 aromatic rings. The maximum Gasteiger partial charge on any atom is 0.261 e. The predicted octanol–water partition coefficient (Wildman–Crippen LogP) is 0.960. The number of benzene rings is 1. The summed E-state index contributed by atoms with van der Waals surface area (Å²) in [5.41, 5.74) is 0.896. The second-order valence-corrected chi connectivity index (χ2v) is 8.31. The molecule has 1 N–H and O–H groups in total. The highest BCUT2D eigenvalue weighted by Crippen LogP contribution is 2.33. The molecule has 1 aliphatic carbocycles. The Balaban J connectivity index is 1.38. The molecule has 3 fully saturated rings. The van der Waals surface area contributed by atoms with Gasteiger partial charge in [-0.25, -0.2) is 0 Å². The van der Waals surface area contributed by atoms with Crippen LogP contribution in [0.1, 0.15) is 63.2 Å². The number of nitrogens with zero attached hydrogens (tertiary/aromatic N) is 2. The summed E-state index contributed by atoms with van der Waals surface area (Å²) in [7, 11) is 0. The molecule has 5 rings (SSSR count). The lowest BCUT2D eigenvalue weighted by molar-refractivity contribution is -0.126. The van der Waals surface area contributed by atoms with Crippen LogP contribution in [-0.2, 0) is 9.59 Å². The molecule has 3 aliphatic heterocycles. The topological polar surface area (TPSA) is 104 Å². The number of nitrogens with one attached hydrogen (secondary N) is 1. The quantitative estimate of drug-likeness (QED) is 0.751. The Morgan fingerprint density at radius 1 is 0.862 bits per heavy atom. The van der Waals surface area contributed by atoms with Crippen LogP contribution < -0.4 is 5.32 Å². The molecular weight excluding hydrogens is 374 g/mol. The normalized spacial score (nSPS) is 26.8. The van der Waals surface area contributed by atoms with Gasteiger partial charge in [0.2, 0.25) is 11.8 Å². The van der Waals surface area contributed by atoms with Crippen molar-refractivity contribution in [3.8, 4) is 0 Å². The van der Waals surface area contributed by atoms with Gasteiger partial charge in [0.15, 0.2) is 0 Å². The van der Waals surface area contributed by atoms with Crippen LogP contribution in [0.4, 0.5) is 0 Å². The standard InChI is InChI=1S/C21H21N3O5/c25-17-15-9-23(10-16(15)18(26)22-17)19(27)11-6-7-13-14(8-11)21(29)24(20(13)28)12-4-2-1-3-5-12/h6-8,12,15-16H,1-5,9-10H2,(H,22,25,26)/t15-,16+. The van der Waals surface area contributed by atoms with E-state index in [4.69, 9.17) is 0 Å². The van der Waals surface area contributed by atoms with E-state index in [1.54, 1.807) is 12.1 Å². The van der Waals surface area contributed by atoms with Gasteiger partial charge in [-0.3, -0.25) is 34.2 Å². The van der Waals surface area contributed by atoms with Crippen molar-refractivity contribution in [1.82, 2.24) is 15.1 Å². The Hall–Kier alpha value is -3.03. The Labute approximate surface area is 167 Å². The molecule has 0 bridgehead atoms. The third kappa shape index (κ3) is 2.69. The molecule has 0 spiro atoms. The average Bonchev–Trinajstić information content (AvgIpc) is 3.36. The van der Waals surface area contributed by atoms with Gasteiger partial charge < -0.3 is 4.90 Å². The van der Waals surface area contributed by atoms with Crippen LogP contribution >= 0.6 is 0 Å². The molecule has 2 atom stereocenters. The molecule has 150 valence electrons. The van der Waals surface area contributed by atoms with Crippen LogP contribution in [0.5, 0.6) is 0 Å². The summed E-state index contributed by atoms with van der Waals surface area (Å²) < 4.78 is 0. The molecule has 8 heteroatoms. The molecular formula is C21H21N3O5. The first kappa shape index (κ1) is 18.0. The Kier molecular flexibility index (Phi) is 4.04. The summed E-state index contributed by atoms with van der Waals surface area (Å²) >= 11 is 0. The number of fused-ring (bicyclic) bond motifs is 2. The Bertz CT molecular complexity index is 943. The van der Waals surface area contributed by atoms with E-state index in [1.165, 1.54) is 15.9 Å². The Morgan fingerprint density at radius 3 is 2.14 bits per heavy atom. The molecule has 5 amide bonds. The van der Waals surface area contributed by atoms with E-state index in [-0.39, 0.29) is 54.2 Å². The molecule has 3 heterocycles. The zero-order valence-corrected chi connectivity index (χ0v) is 15.8. The number of imide groups is 2. The smallest absolute Gasteiger partial charge is 0.261 e. The van der Waals surface area contributed by atoms with E-state index in [0.29, 0.717) is 11.1 Å². The number of carbonyl (C=O) groups excluding carboxylic acids is 5. The Morgan fingerprint density at radius 2 is 1.48 bits per heavy atom. The number of rotatable bonds is 2. The summed E-state index contributed by atoms with van der Waals surface area (Å²) in [5.74, 6) is -2.65. The van der Waals surface area contributed by atoms with Crippen molar-refractivity contribution < 1.29 is 24.0 Å². The van der Waals surface area contributed by atoms with Crippen molar-refractivity contribution in [2.24, 2.45) is 11.8 Å². The molecule has 0 unspecified atom stereocenters. The zero-order valence-electron chi connectivity index (χ0n) is 15.8. The number of amides is 5. The highest BCUT2D eigenvalue weighted by Gasteiger charge is 2.49. The van der Waals surface area contributed by atoms with Crippen molar-refractivity contribution in [3.05, 3.63) is 34.9 Å². The van der Waals surface area contributed by atoms with Gasteiger partial charge in [-0.2, -0.15) is 0 Å². The van der Waals surface area contributed by atoms with Gasteiger partial charge in [0.25, 0.3) is 17.7 Å². The number of hydrogen-bond donors (Lipinski definition) is 1. The van der Waals surface area contributed by atoms with E-state index in [1.807, 2.05) is 0 Å². The lowest BCUT2D eigenvalue weighted by atomic mass is 9.94. The second-order valence-electron chi connectivity index (χ2n) is 8.31. The van der Waals surface area contributed by atoms with Crippen molar-refractivity contribution in [1.29, 1.82) is 0 Å². The van der Waals surface area contributed by atoms with Gasteiger partial charge >= 0.3 is 0 Å². The third-order valence-corrected chi connectivity index (χ3v) is 6.63. The van der Waals surface area contributed by atoms with Crippen LogP contribution in [0.3, 0.4) is 0 Å². The molecule has 8 nitrogen and oxygen atoms in total. The van der Waals surface area contributed by atoms with Crippen molar-refractivity contribution >= 4 is 29.5 Å². The number of likely N-dealkylation sites (tertiary alicyclic amines) is 1. The van der Waals surface area contributed by atoms with Crippen molar-refractivity contribution in [2.45, 2.75) is 38.1 Å². The van der Waals surface area contributed by atoms with E-state index in [0.717, 1.165) is 32.1 Å². The molecule has 1 saturated carbocycles. The summed E-state index contributed by atoms with van der Waals surface area (Å²) in [5, 5.41) is 2.30. The lowest BCUT2D eigenvalue weighted by Gasteiger charge is -2.29. The molecule has 4 aliphatic rings. The zero-order chi connectivity index (χ0) is 20.3. The van der Waals surface area contributed by atoms with Crippen LogP contribution in [0.15, 0.2) is 18.2 Å². The van der Waals surface area contributed by atoms with Gasteiger partial charge in [-0.1, -0.05) is 19.3 Å². The average molecular weight is 395 g/mol. The summed E-state index contributed by atoms with van der Waals surface area (Å²) in [6.07, 6.45) is 4.78. The monoisotopic (exact) mass is 395 g/mol. The number of carbonyl (C=O) groups is 5. The second kappa shape index (κ2) is 6.50. The molecule has 0 radical (unpaired) electrons. The molecule has 29 heavy (non-hydrogen) atoms. The first-order valence-corrected chi connectivity index (χ1v) is 10.1. The first-order valence-electron chi connectivity index (χ1n) is 10.1. The van der Waals surface area contributed by atoms with Crippen molar-refractivity contribution in [3.63, 3.8) is 0 Å². The lowest BCUT2D eigenvalue weighted by Crippen LogP contribution is -2.40. The van der Waals surface area contributed by atoms with E-state index in [9.17, 15) is 24.0 Å². The highest BCUT2D eigenvalue weighted by atomic mass is 16.2. The fraction of sp³-hybridized carbons (Fsp3) is 0.476. The summed E-state index contributed by atoms with van der Waals surface area (Å²) in [4.78, 5) is 65.1. The fourth-order valence-electron chi connectivity index (χ4n) is 5.05. The minimum Gasteiger partial charge on any atom is -0.337 e. The summed E-state index contributed by atoms with van der Waals surface area (Å²) in [6, 6.07) is 4.50. The highest BCUT2D eigenvalue weighted by molar-refractivity contribution is 6.22. The van der Waals surface area contributed by atoms with Crippen LogP contribution in [0.25, 0.3) is 0 Å². The van der Waals surface area contributed by atoms with Gasteiger partial charge in [0, 0.05) is 24.7 Å². The van der Waals surface area contributed by atoms with Crippen LogP contribution in [0.2, 0.25) is 0 Å². The van der Waals surface area contributed by atoms with Crippen LogP contribution in [0, 0.1) is 11.8 Å². The van der Waals surface area contributed by atoms with Crippen molar-refractivity contribution in [2.75, 3.05) is 13.1 Å². The van der Waals surface area contributed by atoms with Crippen LogP contribution in [-0.4, -0.2) is 58.5 Å². The molecule has 2 saturated heterocycles. The van der Waals surface area contributed by atoms with E-state index in [2.05, 4.69) is 5.32 Å². The maximum atomic E-state index is 12.9. The molecule has 1 aromatic carbocycles. The first-order chi connectivity index (χ1) is 14.0. The predicted molar refractivity (Wildman–Crippen MR) is 99.8 cm³/mol. The fourth-order valence-corrected chi connectivity index (χ4v) is 5.05. The largest absolute Gasteiger partial charge is 0.337 e. The van der Waals surface area contributed by atoms with Gasteiger partial charge in [-0.15, -0.1) is 0 Å². The summed E-state index contributed by atoms with van der Waals surface area (Å²) in [6.45, 7) is 0.360. The minimum atomic E-state index is -0.508.